The van der Waals surface area contributed by atoms with Gasteiger partial charge in [-0.05, 0) is 35.9 Å². The number of rotatable bonds is 3. The monoisotopic (exact) mass is 262 g/mol. The van der Waals surface area contributed by atoms with Crippen LogP contribution in [0.4, 0.5) is 20.2 Å². The Hall–Kier alpha value is -2.43. The van der Waals surface area contributed by atoms with Crippen molar-refractivity contribution in [2.45, 2.75) is 6.42 Å². The van der Waals surface area contributed by atoms with Crippen molar-refractivity contribution >= 4 is 17.3 Å². The van der Waals surface area contributed by atoms with E-state index in [0.717, 1.165) is 6.07 Å². The van der Waals surface area contributed by atoms with E-state index in [2.05, 4.69) is 5.32 Å². The first-order chi connectivity index (χ1) is 9.04. The van der Waals surface area contributed by atoms with Gasteiger partial charge in [0.2, 0.25) is 5.91 Å². The highest BCUT2D eigenvalue weighted by molar-refractivity contribution is 5.92. The average molecular weight is 262 g/mol. The second kappa shape index (κ2) is 5.48. The number of halogens is 2. The van der Waals surface area contributed by atoms with E-state index < -0.39 is 5.82 Å². The number of carbonyl (C=O) groups is 1. The zero-order valence-corrected chi connectivity index (χ0v) is 9.99. The third kappa shape index (κ3) is 3.51. The maximum atomic E-state index is 13.2. The number of anilines is 2. The molecular weight excluding hydrogens is 250 g/mol. The molecule has 2 aromatic rings. The van der Waals surface area contributed by atoms with Gasteiger partial charge < -0.3 is 11.1 Å². The molecule has 98 valence electrons. The molecule has 0 atom stereocenters. The van der Waals surface area contributed by atoms with Crippen LogP contribution >= 0.6 is 0 Å². The number of carbonyl (C=O) groups excluding carboxylic acids is 1. The van der Waals surface area contributed by atoms with Crippen LogP contribution in [0.15, 0.2) is 42.5 Å². The molecule has 0 unspecified atom stereocenters. The Morgan fingerprint density at radius 3 is 2.42 bits per heavy atom. The third-order valence-electron chi connectivity index (χ3n) is 2.56. The van der Waals surface area contributed by atoms with E-state index >= 15 is 0 Å². The molecule has 0 aliphatic heterocycles. The zero-order valence-electron chi connectivity index (χ0n) is 9.99. The fourth-order valence-corrected chi connectivity index (χ4v) is 1.60. The van der Waals surface area contributed by atoms with Gasteiger partial charge in [0.05, 0.1) is 12.1 Å². The Morgan fingerprint density at radius 1 is 1.11 bits per heavy atom. The van der Waals surface area contributed by atoms with Gasteiger partial charge in [0, 0.05) is 5.69 Å². The van der Waals surface area contributed by atoms with Gasteiger partial charge in [0.15, 0.2) is 0 Å². The second-order valence-corrected chi connectivity index (χ2v) is 4.09. The van der Waals surface area contributed by atoms with Crippen LogP contribution in [0.1, 0.15) is 5.56 Å². The molecule has 0 aromatic heterocycles. The first-order valence-electron chi connectivity index (χ1n) is 5.64. The van der Waals surface area contributed by atoms with E-state index in [1.54, 1.807) is 0 Å². The minimum absolute atomic E-state index is 0.0246. The summed E-state index contributed by atoms with van der Waals surface area (Å²) in [5.74, 6) is -1.25. The Morgan fingerprint density at radius 2 is 1.79 bits per heavy atom. The number of benzene rings is 2. The fourth-order valence-electron chi connectivity index (χ4n) is 1.60. The van der Waals surface area contributed by atoms with Gasteiger partial charge in [-0.15, -0.1) is 0 Å². The standard InChI is InChI=1S/C14H12F2N2O/c15-10-3-1-9(2-4-10)7-14(19)18-11-5-6-13(17)12(16)8-11/h1-6,8H,7,17H2,(H,18,19). The Bertz CT molecular complexity index is 597. The summed E-state index contributed by atoms with van der Waals surface area (Å²) in [4.78, 5) is 11.7. The van der Waals surface area contributed by atoms with Crippen LogP contribution in [-0.2, 0) is 11.2 Å². The summed E-state index contributed by atoms with van der Waals surface area (Å²) in [6.45, 7) is 0. The molecule has 3 nitrogen and oxygen atoms in total. The predicted octanol–water partition coefficient (Wildman–Crippen LogP) is 2.73. The number of amides is 1. The predicted molar refractivity (Wildman–Crippen MR) is 69.5 cm³/mol. The molecule has 0 aliphatic carbocycles. The quantitative estimate of drug-likeness (QED) is 0.836. The van der Waals surface area contributed by atoms with Crippen LogP contribution in [0, 0.1) is 11.6 Å². The maximum absolute atomic E-state index is 13.2. The summed E-state index contributed by atoms with van der Waals surface area (Å²) in [5.41, 5.74) is 6.37. The lowest BCUT2D eigenvalue weighted by molar-refractivity contribution is -0.115. The number of hydrogen-bond donors (Lipinski definition) is 2. The van der Waals surface area contributed by atoms with Gasteiger partial charge in [-0.1, -0.05) is 12.1 Å². The lowest BCUT2D eigenvalue weighted by Gasteiger charge is -2.06. The summed E-state index contributed by atoms with van der Waals surface area (Å²) >= 11 is 0. The van der Waals surface area contributed by atoms with Gasteiger partial charge in [0.1, 0.15) is 11.6 Å². The van der Waals surface area contributed by atoms with Crippen LogP contribution in [-0.4, -0.2) is 5.91 Å². The molecule has 2 aromatic carbocycles. The van der Waals surface area contributed by atoms with E-state index in [-0.39, 0.29) is 23.8 Å². The Labute approximate surface area is 109 Å². The summed E-state index contributed by atoms with van der Waals surface area (Å²) in [6.07, 6.45) is 0.0896. The van der Waals surface area contributed by atoms with Crippen molar-refractivity contribution in [3.63, 3.8) is 0 Å². The van der Waals surface area contributed by atoms with Gasteiger partial charge in [-0.25, -0.2) is 8.78 Å². The second-order valence-electron chi connectivity index (χ2n) is 4.09. The van der Waals surface area contributed by atoms with Gasteiger partial charge in [-0.2, -0.15) is 0 Å². The molecule has 0 heterocycles. The van der Waals surface area contributed by atoms with Crippen molar-refractivity contribution in [3.05, 3.63) is 59.7 Å². The van der Waals surface area contributed by atoms with Crippen molar-refractivity contribution in [1.82, 2.24) is 0 Å². The van der Waals surface area contributed by atoms with E-state index in [9.17, 15) is 13.6 Å². The van der Waals surface area contributed by atoms with Gasteiger partial charge in [0.25, 0.3) is 0 Å². The van der Waals surface area contributed by atoms with E-state index in [1.165, 1.54) is 36.4 Å². The molecule has 0 saturated heterocycles. The lowest BCUT2D eigenvalue weighted by Crippen LogP contribution is -2.14. The van der Waals surface area contributed by atoms with Crippen LogP contribution in [0.5, 0.6) is 0 Å². The van der Waals surface area contributed by atoms with Crippen LogP contribution in [0.2, 0.25) is 0 Å². The van der Waals surface area contributed by atoms with Crippen molar-refractivity contribution in [2.24, 2.45) is 0 Å². The molecule has 19 heavy (non-hydrogen) atoms. The molecule has 2 rings (SSSR count). The van der Waals surface area contributed by atoms with Crippen molar-refractivity contribution in [1.29, 1.82) is 0 Å². The van der Waals surface area contributed by atoms with Crippen molar-refractivity contribution in [3.8, 4) is 0 Å². The van der Waals surface area contributed by atoms with E-state index in [0.29, 0.717) is 11.3 Å². The molecular formula is C14H12F2N2O. The number of hydrogen-bond acceptors (Lipinski definition) is 2. The van der Waals surface area contributed by atoms with Gasteiger partial charge >= 0.3 is 0 Å². The summed E-state index contributed by atoms with van der Waals surface area (Å²) in [5, 5.41) is 2.54. The minimum atomic E-state index is -0.584. The highest BCUT2D eigenvalue weighted by Gasteiger charge is 2.06. The number of nitrogens with one attached hydrogen (secondary N) is 1. The first-order valence-corrected chi connectivity index (χ1v) is 5.64. The molecule has 0 radical (unpaired) electrons. The Kier molecular flexibility index (Phi) is 3.75. The SMILES string of the molecule is Nc1ccc(NC(=O)Cc2ccc(F)cc2)cc1F. The van der Waals surface area contributed by atoms with Crippen LogP contribution in [0.25, 0.3) is 0 Å². The summed E-state index contributed by atoms with van der Waals surface area (Å²) in [7, 11) is 0. The number of nitrogen functional groups attached to an aromatic ring is 1. The molecule has 0 aliphatic rings. The Balaban J connectivity index is 2.01. The fraction of sp³-hybridized carbons (Fsp3) is 0.0714. The molecule has 0 bridgehead atoms. The first kappa shape index (κ1) is 13.0. The lowest BCUT2D eigenvalue weighted by atomic mass is 10.1. The largest absolute Gasteiger partial charge is 0.396 e. The maximum Gasteiger partial charge on any atom is 0.228 e. The van der Waals surface area contributed by atoms with Crippen LogP contribution < -0.4 is 11.1 Å². The summed E-state index contributed by atoms with van der Waals surface area (Å²) in [6, 6.07) is 9.66. The minimum Gasteiger partial charge on any atom is -0.396 e. The van der Waals surface area contributed by atoms with Crippen LogP contribution in [0.3, 0.4) is 0 Å². The van der Waals surface area contributed by atoms with E-state index in [4.69, 9.17) is 5.73 Å². The van der Waals surface area contributed by atoms with Crippen molar-refractivity contribution in [2.75, 3.05) is 11.1 Å². The molecule has 0 fully saturated rings. The third-order valence-corrected chi connectivity index (χ3v) is 2.56. The topological polar surface area (TPSA) is 55.1 Å². The highest BCUT2D eigenvalue weighted by Crippen LogP contribution is 2.16. The normalized spacial score (nSPS) is 10.2. The molecule has 0 saturated carbocycles. The molecule has 1 amide bonds. The summed E-state index contributed by atoms with van der Waals surface area (Å²) < 4.78 is 25.9. The molecule has 3 N–H and O–H groups in total. The van der Waals surface area contributed by atoms with Gasteiger partial charge in [-0.3, -0.25) is 4.79 Å². The smallest absolute Gasteiger partial charge is 0.228 e. The van der Waals surface area contributed by atoms with E-state index in [1.807, 2.05) is 0 Å². The molecule has 0 spiro atoms. The van der Waals surface area contributed by atoms with Crippen molar-refractivity contribution < 1.29 is 13.6 Å². The highest BCUT2D eigenvalue weighted by atomic mass is 19.1. The molecule has 5 heteroatoms. The zero-order chi connectivity index (χ0) is 13.8. The number of nitrogens with two attached hydrogens (primary N) is 1. The average Bonchev–Trinajstić information content (AvgIpc) is 2.37.